The summed E-state index contributed by atoms with van der Waals surface area (Å²) >= 11 is 0. The summed E-state index contributed by atoms with van der Waals surface area (Å²) in [5, 5.41) is 21.1. The van der Waals surface area contributed by atoms with Crippen LogP contribution in [0.3, 0.4) is 0 Å². The molecule has 1 heterocycles. The molecule has 1 fully saturated rings. The molecule has 2 aromatic rings. The largest absolute Gasteiger partial charge is 0.319 e. The van der Waals surface area contributed by atoms with Crippen molar-refractivity contribution in [3.63, 3.8) is 0 Å². The Labute approximate surface area is 124 Å². The fourth-order valence-corrected chi connectivity index (χ4v) is 3.16. The van der Waals surface area contributed by atoms with Crippen molar-refractivity contribution in [3.05, 3.63) is 48.0 Å². The van der Waals surface area contributed by atoms with E-state index in [1.165, 1.54) is 0 Å². The molecular weight excluding hydrogens is 262 g/mol. The molecule has 108 valence electrons. The van der Waals surface area contributed by atoms with Crippen molar-refractivity contribution < 1.29 is 0 Å². The maximum absolute atomic E-state index is 9.57. The van der Waals surface area contributed by atoms with Crippen molar-refractivity contribution >= 4 is 0 Å². The topological polar surface area (TPSA) is 66.5 Å². The minimum absolute atomic E-state index is 0.134. The summed E-state index contributed by atoms with van der Waals surface area (Å²) in [5.74, 6) is 0.921. The van der Waals surface area contributed by atoms with E-state index in [1.54, 1.807) is 6.33 Å². The first-order valence-corrected chi connectivity index (χ1v) is 7.21. The zero-order valence-electron chi connectivity index (χ0n) is 12.3. The van der Waals surface area contributed by atoms with Gasteiger partial charge in [0.15, 0.2) is 0 Å². The van der Waals surface area contributed by atoms with Gasteiger partial charge in [0.05, 0.1) is 17.5 Å². The molecule has 0 bridgehead atoms. The molecule has 0 radical (unpaired) electrons. The lowest BCUT2D eigenvalue weighted by Gasteiger charge is -2.44. The number of hydrogen-bond donors (Lipinski definition) is 1. The van der Waals surface area contributed by atoms with Gasteiger partial charge in [-0.15, -0.1) is 10.2 Å². The lowest BCUT2D eigenvalue weighted by atomic mass is 9.62. The van der Waals surface area contributed by atoms with Crippen LogP contribution in [-0.4, -0.2) is 20.8 Å². The third-order valence-corrected chi connectivity index (χ3v) is 4.35. The van der Waals surface area contributed by atoms with Crippen LogP contribution in [0.5, 0.6) is 0 Å². The number of hydrogen-bond acceptors (Lipinski definition) is 4. The van der Waals surface area contributed by atoms with E-state index in [1.807, 2.05) is 41.9 Å². The summed E-state index contributed by atoms with van der Waals surface area (Å²) in [5.41, 5.74) is 0.787. The van der Waals surface area contributed by atoms with Gasteiger partial charge >= 0.3 is 0 Å². The molecule has 1 aromatic carbocycles. The van der Waals surface area contributed by atoms with Crippen LogP contribution in [0.25, 0.3) is 0 Å². The van der Waals surface area contributed by atoms with Crippen molar-refractivity contribution in [2.45, 2.75) is 37.3 Å². The standard InChI is InChI=1S/C16H19N5/c1-12(15-20-18-11-21(15)2)19-14-8-16(9-14,10-17)13-6-4-3-5-7-13/h3-7,11-12,14,19H,8-9H2,1-2H3. The van der Waals surface area contributed by atoms with Crippen molar-refractivity contribution in [2.75, 3.05) is 0 Å². The average molecular weight is 281 g/mol. The Balaban J connectivity index is 1.65. The summed E-state index contributed by atoms with van der Waals surface area (Å²) in [6.45, 7) is 2.08. The highest BCUT2D eigenvalue weighted by molar-refractivity contribution is 5.37. The number of aromatic nitrogens is 3. The Morgan fingerprint density at radius 2 is 2.10 bits per heavy atom. The number of nitrogens with one attached hydrogen (secondary N) is 1. The number of rotatable bonds is 4. The van der Waals surface area contributed by atoms with Crippen LogP contribution >= 0.6 is 0 Å². The van der Waals surface area contributed by atoms with Gasteiger partial charge in [0.1, 0.15) is 12.2 Å². The molecule has 1 atom stereocenters. The predicted molar refractivity (Wildman–Crippen MR) is 79.3 cm³/mol. The van der Waals surface area contributed by atoms with Crippen molar-refractivity contribution in [1.29, 1.82) is 5.26 Å². The lowest BCUT2D eigenvalue weighted by Crippen LogP contribution is -2.51. The highest BCUT2D eigenvalue weighted by Crippen LogP contribution is 2.43. The van der Waals surface area contributed by atoms with Crippen LogP contribution in [0.4, 0.5) is 0 Å². The molecule has 1 aromatic heterocycles. The van der Waals surface area contributed by atoms with Crippen LogP contribution in [-0.2, 0) is 12.5 Å². The van der Waals surface area contributed by atoms with Crippen molar-refractivity contribution in [3.8, 4) is 6.07 Å². The Kier molecular flexibility index (Phi) is 3.48. The van der Waals surface area contributed by atoms with E-state index < -0.39 is 0 Å². The summed E-state index contributed by atoms with van der Waals surface area (Å²) in [6.07, 6.45) is 3.39. The highest BCUT2D eigenvalue weighted by atomic mass is 15.3. The zero-order chi connectivity index (χ0) is 14.9. The monoisotopic (exact) mass is 281 g/mol. The third kappa shape index (κ3) is 2.43. The smallest absolute Gasteiger partial charge is 0.149 e. The van der Waals surface area contributed by atoms with Crippen LogP contribution in [0.1, 0.15) is 37.2 Å². The first kappa shape index (κ1) is 13.8. The molecular formula is C16H19N5. The number of nitriles is 1. The quantitative estimate of drug-likeness (QED) is 0.932. The fourth-order valence-electron chi connectivity index (χ4n) is 3.16. The minimum atomic E-state index is -0.335. The van der Waals surface area contributed by atoms with E-state index in [4.69, 9.17) is 0 Å². The molecule has 1 N–H and O–H groups in total. The summed E-state index contributed by atoms with van der Waals surface area (Å²) in [7, 11) is 1.94. The van der Waals surface area contributed by atoms with Gasteiger partial charge in [-0.05, 0) is 25.3 Å². The van der Waals surface area contributed by atoms with E-state index >= 15 is 0 Å². The van der Waals surface area contributed by atoms with Gasteiger partial charge in [-0.25, -0.2) is 0 Å². The van der Waals surface area contributed by atoms with E-state index in [-0.39, 0.29) is 11.5 Å². The number of aryl methyl sites for hydroxylation is 1. The Morgan fingerprint density at radius 3 is 2.67 bits per heavy atom. The minimum Gasteiger partial charge on any atom is -0.319 e. The van der Waals surface area contributed by atoms with Gasteiger partial charge in [0.2, 0.25) is 0 Å². The molecule has 1 saturated carbocycles. The van der Waals surface area contributed by atoms with Crippen LogP contribution in [0, 0.1) is 11.3 Å². The van der Waals surface area contributed by atoms with Gasteiger partial charge < -0.3 is 9.88 Å². The SMILES string of the molecule is CC(NC1CC(C#N)(c2ccccc2)C1)c1nncn1C. The molecule has 0 amide bonds. The third-order valence-electron chi connectivity index (χ3n) is 4.35. The summed E-state index contributed by atoms with van der Waals surface area (Å²) in [6, 6.07) is 13.1. The van der Waals surface area contributed by atoms with E-state index in [0.717, 1.165) is 24.2 Å². The predicted octanol–water partition coefficient (Wildman–Crippen LogP) is 2.09. The highest BCUT2D eigenvalue weighted by Gasteiger charge is 2.46. The van der Waals surface area contributed by atoms with Crippen molar-refractivity contribution in [2.24, 2.45) is 7.05 Å². The van der Waals surface area contributed by atoms with Gasteiger partial charge in [0, 0.05) is 13.1 Å². The molecule has 0 spiro atoms. The molecule has 3 rings (SSSR count). The first-order chi connectivity index (χ1) is 10.1. The van der Waals surface area contributed by atoms with E-state index in [9.17, 15) is 5.26 Å². The second-order valence-corrected chi connectivity index (χ2v) is 5.85. The maximum atomic E-state index is 9.57. The molecule has 5 heteroatoms. The molecule has 1 aliphatic rings. The van der Waals surface area contributed by atoms with E-state index in [0.29, 0.717) is 6.04 Å². The molecule has 21 heavy (non-hydrogen) atoms. The Morgan fingerprint density at radius 1 is 1.38 bits per heavy atom. The normalized spacial score (nSPS) is 25.9. The molecule has 0 aliphatic heterocycles. The molecule has 0 saturated heterocycles. The zero-order valence-corrected chi connectivity index (χ0v) is 12.3. The fraction of sp³-hybridized carbons (Fsp3) is 0.438. The first-order valence-electron chi connectivity index (χ1n) is 7.21. The molecule has 5 nitrogen and oxygen atoms in total. The van der Waals surface area contributed by atoms with Gasteiger partial charge in [-0.3, -0.25) is 0 Å². The maximum Gasteiger partial charge on any atom is 0.149 e. The lowest BCUT2D eigenvalue weighted by molar-refractivity contribution is 0.210. The number of benzene rings is 1. The van der Waals surface area contributed by atoms with E-state index in [2.05, 4.69) is 28.5 Å². The Hall–Kier alpha value is -2.19. The van der Waals surface area contributed by atoms with Crippen molar-refractivity contribution in [1.82, 2.24) is 20.1 Å². The average Bonchev–Trinajstić information content (AvgIpc) is 2.89. The van der Waals surface area contributed by atoms with Crippen LogP contribution in [0.15, 0.2) is 36.7 Å². The second-order valence-electron chi connectivity index (χ2n) is 5.85. The summed E-state index contributed by atoms with van der Waals surface area (Å²) < 4.78 is 1.92. The second kappa shape index (κ2) is 5.30. The number of nitrogens with zero attached hydrogens (tertiary/aromatic N) is 4. The van der Waals surface area contributed by atoms with Crippen LogP contribution in [0.2, 0.25) is 0 Å². The molecule has 1 unspecified atom stereocenters. The summed E-state index contributed by atoms with van der Waals surface area (Å²) in [4.78, 5) is 0. The van der Waals surface area contributed by atoms with Gasteiger partial charge in [-0.1, -0.05) is 30.3 Å². The van der Waals surface area contributed by atoms with Gasteiger partial charge in [0.25, 0.3) is 0 Å². The molecule has 1 aliphatic carbocycles. The van der Waals surface area contributed by atoms with Crippen LogP contribution < -0.4 is 5.32 Å². The Bertz CT molecular complexity index is 649. The van der Waals surface area contributed by atoms with Gasteiger partial charge in [-0.2, -0.15) is 5.26 Å².